The summed E-state index contributed by atoms with van der Waals surface area (Å²) in [4.78, 5) is 17.4. The number of primary amides is 1. The summed E-state index contributed by atoms with van der Waals surface area (Å²) in [6.07, 6.45) is 2.16. The van der Waals surface area contributed by atoms with Crippen LogP contribution in [0.3, 0.4) is 0 Å². The molecule has 2 aromatic rings. The molecule has 0 radical (unpaired) electrons. The third kappa shape index (κ3) is 4.08. The number of thiol groups is 1. The van der Waals surface area contributed by atoms with Crippen LogP contribution >= 0.6 is 36.2 Å². The van der Waals surface area contributed by atoms with Crippen LogP contribution in [0.5, 0.6) is 0 Å². The Hall–Kier alpha value is -1.38. The van der Waals surface area contributed by atoms with Crippen LogP contribution in [0.4, 0.5) is 16.4 Å². The van der Waals surface area contributed by atoms with Gasteiger partial charge in [-0.3, -0.25) is 0 Å². The molecular weight excluding hydrogens is 342 g/mol. The Bertz CT molecular complexity index is 664. The fourth-order valence-corrected chi connectivity index (χ4v) is 3.11. The number of anilines is 2. The van der Waals surface area contributed by atoms with Crippen LogP contribution in [0.1, 0.15) is 19.8 Å². The molecular formula is C13H16ClN5OS2. The second-order valence-corrected chi connectivity index (χ2v) is 6.32. The Morgan fingerprint density at radius 2 is 2.32 bits per heavy atom. The molecule has 6 nitrogen and oxygen atoms in total. The first-order valence-electron chi connectivity index (χ1n) is 6.67. The van der Waals surface area contributed by atoms with Crippen molar-refractivity contribution in [2.24, 2.45) is 5.73 Å². The number of thioether (sulfide) groups is 1. The summed E-state index contributed by atoms with van der Waals surface area (Å²) in [6, 6.07) is 6.09. The SMILES string of the molecule is CCCCSc1nc(N(C(N)=O)c2cccc(Cl)c2)n(S)n1. The Labute approximate surface area is 143 Å². The smallest absolute Gasteiger partial charge is 0.326 e. The van der Waals surface area contributed by atoms with E-state index >= 15 is 0 Å². The first-order chi connectivity index (χ1) is 10.5. The predicted molar refractivity (Wildman–Crippen MR) is 93.2 cm³/mol. The molecule has 0 bridgehead atoms. The van der Waals surface area contributed by atoms with Crippen LogP contribution in [0.15, 0.2) is 29.4 Å². The zero-order valence-electron chi connectivity index (χ0n) is 11.9. The number of rotatable bonds is 6. The number of halogens is 1. The Morgan fingerprint density at radius 3 is 2.95 bits per heavy atom. The van der Waals surface area contributed by atoms with E-state index in [1.54, 1.807) is 24.3 Å². The molecule has 22 heavy (non-hydrogen) atoms. The number of nitrogens with two attached hydrogens (primary N) is 1. The van der Waals surface area contributed by atoms with E-state index in [4.69, 9.17) is 17.3 Å². The van der Waals surface area contributed by atoms with Crippen molar-refractivity contribution in [1.29, 1.82) is 0 Å². The minimum absolute atomic E-state index is 0.233. The second-order valence-electron chi connectivity index (χ2n) is 4.44. The summed E-state index contributed by atoms with van der Waals surface area (Å²) in [5.41, 5.74) is 5.98. The fourth-order valence-electron chi connectivity index (χ4n) is 1.74. The number of amides is 2. The van der Waals surface area contributed by atoms with Gasteiger partial charge < -0.3 is 5.73 Å². The van der Waals surface area contributed by atoms with Gasteiger partial charge in [-0.25, -0.2) is 9.69 Å². The predicted octanol–water partition coefficient (Wildman–Crippen LogP) is 3.73. The quantitative estimate of drug-likeness (QED) is 0.469. The second kappa shape index (κ2) is 7.75. The highest BCUT2D eigenvalue weighted by Crippen LogP contribution is 2.28. The van der Waals surface area contributed by atoms with Crippen LogP contribution in [0.2, 0.25) is 5.02 Å². The highest BCUT2D eigenvalue weighted by atomic mass is 35.5. The lowest BCUT2D eigenvalue weighted by molar-refractivity contribution is 0.255. The molecule has 0 fully saturated rings. The molecule has 9 heteroatoms. The molecule has 1 aromatic carbocycles. The van der Waals surface area contributed by atoms with Crippen molar-refractivity contribution in [3.63, 3.8) is 0 Å². The number of benzene rings is 1. The van der Waals surface area contributed by atoms with Crippen LogP contribution in [-0.4, -0.2) is 26.0 Å². The molecule has 1 heterocycles. The third-order valence-corrected chi connectivity index (χ3v) is 4.20. The minimum Gasteiger partial charge on any atom is -0.351 e. The van der Waals surface area contributed by atoms with E-state index in [1.807, 2.05) is 0 Å². The first-order valence-corrected chi connectivity index (χ1v) is 8.43. The molecule has 2 rings (SSSR count). The van der Waals surface area contributed by atoms with Gasteiger partial charge in [0.05, 0.1) is 5.69 Å². The molecule has 0 unspecified atom stereocenters. The zero-order valence-corrected chi connectivity index (χ0v) is 14.4. The van der Waals surface area contributed by atoms with Gasteiger partial charge in [0.1, 0.15) is 0 Å². The van der Waals surface area contributed by atoms with Gasteiger partial charge in [-0.15, -0.1) is 5.10 Å². The van der Waals surface area contributed by atoms with Crippen LogP contribution in [-0.2, 0) is 0 Å². The van der Waals surface area contributed by atoms with E-state index < -0.39 is 6.03 Å². The van der Waals surface area contributed by atoms with Crippen molar-refractivity contribution in [1.82, 2.24) is 14.2 Å². The molecule has 0 saturated heterocycles. The van der Waals surface area contributed by atoms with E-state index in [2.05, 4.69) is 29.8 Å². The summed E-state index contributed by atoms with van der Waals surface area (Å²) in [5.74, 6) is 1.14. The van der Waals surface area contributed by atoms with Crippen molar-refractivity contribution < 1.29 is 4.79 Å². The van der Waals surface area contributed by atoms with Gasteiger partial charge in [-0.05, 0) is 37.4 Å². The summed E-state index contributed by atoms with van der Waals surface area (Å²) in [7, 11) is 0. The van der Waals surface area contributed by atoms with Crippen molar-refractivity contribution in [3.8, 4) is 0 Å². The van der Waals surface area contributed by atoms with E-state index in [0.717, 1.165) is 18.6 Å². The highest BCUT2D eigenvalue weighted by Gasteiger charge is 2.22. The number of unbranched alkanes of at least 4 members (excludes halogenated alkanes) is 1. The van der Waals surface area contributed by atoms with Crippen molar-refractivity contribution >= 4 is 53.8 Å². The molecule has 0 spiro atoms. The molecule has 2 amide bonds. The molecule has 0 atom stereocenters. The van der Waals surface area contributed by atoms with Crippen molar-refractivity contribution in [2.75, 3.05) is 10.7 Å². The molecule has 0 aliphatic carbocycles. The lowest BCUT2D eigenvalue weighted by Gasteiger charge is -2.18. The Balaban J connectivity index is 2.31. The maximum Gasteiger partial charge on any atom is 0.326 e. The van der Waals surface area contributed by atoms with E-state index in [1.165, 1.54) is 20.7 Å². The van der Waals surface area contributed by atoms with Gasteiger partial charge in [0.2, 0.25) is 11.1 Å². The molecule has 0 saturated carbocycles. The largest absolute Gasteiger partial charge is 0.351 e. The Kier molecular flexibility index (Phi) is 5.98. The number of hydrogen-bond acceptors (Lipinski definition) is 5. The molecule has 0 aliphatic rings. The number of urea groups is 1. The topological polar surface area (TPSA) is 77.0 Å². The average Bonchev–Trinajstić information content (AvgIpc) is 2.80. The lowest BCUT2D eigenvalue weighted by Crippen LogP contribution is -2.33. The maximum absolute atomic E-state index is 11.8. The summed E-state index contributed by atoms with van der Waals surface area (Å²) in [5, 5.41) is 5.22. The summed E-state index contributed by atoms with van der Waals surface area (Å²) >= 11 is 11.7. The fraction of sp³-hybridized carbons (Fsp3) is 0.308. The first kappa shape index (κ1) is 17.0. The van der Waals surface area contributed by atoms with Gasteiger partial charge in [-0.2, -0.15) is 9.07 Å². The van der Waals surface area contributed by atoms with E-state index in [0.29, 0.717) is 15.9 Å². The van der Waals surface area contributed by atoms with Crippen LogP contribution in [0.25, 0.3) is 0 Å². The van der Waals surface area contributed by atoms with Crippen molar-refractivity contribution in [3.05, 3.63) is 29.3 Å². The van der Waals surface area contributed by atoms with Crippen LogP contribution < -0.4 is 10.6 Å². The Morgan fingerprint density at radius 1 is 1.55 bits per heavy atom. The van der Waals surface area contributed by atoms with E-state index in [-0.39, 0.29) is 5.95 Å². The highest BCUT2D eigenvalue weighted by molar-refractivity contribution is 7.99. The summed E-state index contributed by atoms with van der Waals surface area (Å²) in [6.45, 7) is 2.12. The number of carbonyl (C=O) groups excluding carboxylic acids is 1. The van der Waals surface area contributed by atoms with E-state index in [9.17, 15) is 4.79 Å². The number of carbonyl (C=O) groups is 1. The van der Waals surface area contributed by atoms with Gasteiger partial charge in [0.25, 0.3) is 0 Å². The van der Waals surface area contributed by atoms with Gasteiger partial charge in [0.15, 0.2) is 0 Å². The number of aromatic nitrogens is 3. The number of nitrogens with zero attached hydrogens (tertiary/aromatic N) is 4. The number of hydrogen-bond donors (Lipinski definition) is 2. The van der Waals surface area contributed by atoms with Gasteiger partial charge >= 0.3 is 6.03 Å². The van der Waals surface area contributed by atoms with Crippen LogP contribution in [0, 0.1) is 0 Å². The summed E-state index contributed by atoms with van der Waals surface area (Å²) < 4.78 is 1.24. The molecule has 2 N–H and O–H groups in total. The van der Waals surface area contributed by atoms with Gasteiger partial charge in [-0.1, -0.05) is 42.8 Å². The normalized spacial score (nSPS) is 10.7. The standard InChI is InChI=1S/C13H16ClN5OS2/c1-2-3-7-22-12-16-13(19(21)17-12)18(11(15)20)10-6-4-5-9(14)8-10/h4-6,8,21H,2-3,7H2,1H3,(H2,15,20). The van der Waals surface area contributed by atoms with Crippen molar-refractivity contribution in [2.45, 2.75) is 24.9 Å². The minimum atomic E-state index is -0.685. The molecule has 118 valence electrons. The lowest BCUT2D eigenvalue weighted by atomic mass is 10.3. The molecule has 0 aliphatic heterocycles. The monoisotopic (exact) mass is 357 g/mol. The van der Waals surface area contributed by atoms with Gasteiger partial charge in [0, 0.05) is 10.8 Å². The molecule has 1 aromatic heterocycles. The maximum atomic E-state index is 11.8. The average molecular weight is 358 g/mol. The zero-order chi connectivity index (χ0) is 16.1. The third-order valence-electron chi connectivity index (χ3n) is 2.77.